The average Bonchev–Trinajstić information content (AvgIpc) is 2.80. The zero-order valence-electron chi connectivity index (χ0n) is 21.2. The lowest BCUT2D eigenvalue weighted by molar-refractivity contribution is -0.139. The standard InChI is InChI=1S/C25H35FN4O4S/c1-18(2)15-27-25(32)20(4)29(16-21-10-8-7-9-19(21)3)24(31)17-30(35(33,34)28(5)6)23-13-11-22(26)12-14-23/h7-14,18,20H,15-17H2,1-6H3,(H,27,32). The second-order valence-corrected chi connectivity index (χ2v) is 11.1. The van der Waals surface area contributed by atoms with Crippen LogP contribution in [0.5, 0.6) is 0 Å². The molecule has 0 bridgehead atoms. The Labute approximate surface area is 207 Å². The third kappa shape index (κ3) is 7.50. The van der Waals surface area contributed by atoms with Crippen LogP contribution < -0.4 is 9.62 Å². The number of carbonyl (C=O) groups excluding carboxylic acids is 2. The Hall–Kier alpha value is -2.98. The number of hydrogen-bond acceptors (Lipinski definition) is 4. The van der Waals surface area contributed by atoms with Crippen LogP contribution in [0.4, 0.5) is 10.1 Å². The van der Waals surface area contributed by atoms with Crippen LogP contribution in [-0.4, -0.2) is 62.7 Å². The molecule has 8 nitrogen and oxygen atoms in total. The molecule has 0 saturated heterocycles. The molecule has 2 aromatic carbocycles. The Kier molecular flexibility index (Phi) is 9.79. The summed E-state index contributed by atoms with van der Waals surface area (Å²) >= 11 is 0. The molecule has 0 saturated carbocycles. The van der Waals surface area contributed by atoms with E-state index in [1.807, 2.05) is 45.0 Å². The minimum Gasteiger partial charge on any atom is -0.354 e. The first kappa shape index (κ1) is 28.3. The first-order valence-electron chi connectivity index (χ1n) is 11.4. The maximum atomic E-state index is 13.6. The van der Waals surface area contributed by atoms with Gasteiger partial charge in [0.15, 0.2) is 0 Å². The highest BCUT2D eigenvalue weighted by Gasteiger charge is 2.32. The number of amides is 2. The molecule has 1 unspecified atom stereocenters. The Morgan fingerprint density at radius 3 is 2.14 bits per heavy atom. The zero-order valence-corrected chi connectivity index (χ0v) is 22.0. The molecule has 0 spiro atoms. The van der Waals surface area contributed by atoms with Gasteiger partial charge in [0.1, 0.15) is 18.4 Å². The van der Waals surface area contributed by atoms with Crippen LogP contribution in [0.1, 0.15) is 31.9 Å². The van der Waals surface area contributed by atoms with Gasteiger partial charge in [-0.3, -0.25) is 9.59 Å². The molecule has 0 fully saturated rings. The van der Waals surface area contributed by atoms with E-state index >= 15 is 0 Å². The molecular weight excluding hydrogens is 471 g/mol. The number of rotatable bonds is 11. The van der Waals surface area contributed by atoms with Crippen molar-refractivity contribution >= 4 is 27.7 Å². The fraction of sp³-hybridized carbons (Fsp3) is 0.440. The van der Waals surface area contributed by atoms with Crippen LogP contribution in [0, 0.1) is 18.7 Å². The molecule has 2 aromatic rings. The van der Waals surface area contributed by atoms with Crippen molar-refractivity contribution in [3.63, 3.8) is 0 Å². The van der Waals surface area contributed by atoms with Crippen molar-refractivity contribution in [1.29, 1.82) is 0 Å². The van der Waals surface area contributed by atoms with Crippen molar-refractivity contribution in [2.75, 3.05) is 31.5 Å². The van der Waals surface area contributed by atoms with Gasteiger partial charge in [-0.15, -0.1) is 0 Å². The highest BCUT2D eigenvalue weighted by molar-refractivity contribution is 7.90. The van der Waals surface area contributed by atoms with E-state index in [4.69, 9.17) is 0 Å². The molecule has 0 aliphatic heterocycles. The fourth-order valence-corrected chi connectivity index (χ4v) is 4.39. The van der Waals surface area contributed by atoms with E-state index in [0.29, 0.717) is 6.54 Å². The molecule has 2 amide bonds. The van der Waals surface area contributed by atoms with Gasteiger partial charge < -0.3 is 10.2 Å². The number of hydrogen-bond donors (Lipinski definition) is 1. The summed E-state index contributed by atoms with van der Waals surface area (Å²) in [4.78, 5) is 27.9. The quantitative estimate of drug-likeness (QED) is 0.508. The molecule has 1 N–H and O–H groups in total. The number of halogens is 1. The molecular formula is C25H35FN4O4S. The summed E-state index contributed by atoms with van der Waals surface area (Å²) in [5, 5.41) is 2.84. The number of nitrogens with one attached hydrogen (secondary N) is 1. The smallest absolute Gasteiger partial charge is 0.304 e. The molecule has 0 aliphatic carbocycles. The van der Waals surface area contributed by atoms with E-state index in [2.05, 4.69) is 5.32 Å². The Bertz CT molecular complexity index is 1120. The van der Waals surface area contributed by atoms with Gasteiger partial charge in [-0.25, -0.2) is 8.70 Å². The van der Waals surface area contributed by atoms with E-state index in [9.17, 15) is 22.4 Å². The van der Waals surface area contributed by atoms with Gasteiger partial charge in [0.25, 0.3) is 0 Å². The molecule has 0 radical (unpaired) electrons. The van der Waals surface area contributed by atoms with Crippen molar-refractivity contribution in [3.05, 3.63) is 65.5 Å². The monoisotopic (exact) mass is 506 g/mol. The van der Waals surface area contributed by atoms with E-state index < -0.39 is 34.5 Å². The summed E-state index contributed by atoms with van der Waals surface area (Å²) in [6.07, 6.45) is 0. The van der Waals surface area contributed by atoms with Gasteiger partial charge in [0.2, 0.25) is 11.8 Å². The van der Waals surface area contributed by atoms with E-state index in [1.165, 1.54) is 31.1 Å². The first-order chi connectivity index (χ1) is 16.3. The van der Waals surface area contributed by atoms with E-state index in [-0.39, 0.29) is 24.1 Å². The van der Waals surface area contributed by atoms with Crippen molar-refractivity contribution in [2.24, 2.45) is 5.92 Å². The molecule has 35 heavy (non-hydrogen) atoms. The number of anilines is 1. The molecule has 0 aliphatic rings. The SMILES string of the molecule is Cc1ccccc1CN(C(=O)CN(c1ccc(F)cc1)S(=O)(=O)N(C)C)C(C)C(=O)NCC(C)C. The first-order valence-corrected chi connectivity index (χ1v) is 12.8. The van der Waals surface area contributed by atoms with Gasteiger partial charge in [0.05, 0.1) is 5.69 Å². The Morgan fingerprint density at radius 2 is 1.60 bits per heavy atom. The number of benzene rings is 2. The highest BCUT2D eigenvalue weighted by Crippen LogP contribution is 2.21. The van der Waals surface area contributed by atoms with Gasteiger partial charge in [0, 0.05) is 27.2 Å². The summed E-state index contributed by atoms with van der Waals surface area (Å²) in [7, 11) is -1.38. The Balaban J connectivity index is 2.44. The lowest BCUT2D eigenvalue weighted by Gasteiger charge is -2.33. The average molecular weight is 507 g/mol. The number of aryl methyl sites for hydroxylation is 1. The summed E-state index contributed by atoms with van der Waals surface area (Å²) in [5.74, 6) is -1.19. The highest BCUT2D eigenvalue weighted by atomic mass is 32.2. The third-order valence-electron chi connectivity index (χ3n) is 5.59. The van der Waals surface area contributed by atoms with Crippen molar-refractivity contribution in [3.8, 4) is 0 Å². The summed E-state index contributed by atoms with van der Waals surface area (Å²) < 4.78 is 41.5. The minimum atomic E-state index is -4.09. The molecule has 1 atom stereocenters. The van der Waals surface area contributed by atoms with Crippen LogP contribution in [0.25, 0.3) is 0 Å². The second kappa shape index (κ2) is 12.1. The largest absolute Gasteiger partial charge is 0.354 e. The van der Waals surface area contributed by atoms with Crippen LogP contribution in [0.3, 0.4) is 0 Å². The molecule has 192 valence electrons. The van der Waals surface area contributed by atoms with Crippen LogP contribution in [0.2, 0.25) is 0 Å². The lowest BCUT2D eigenvalue weighted by Crippen LogP contribution is -2.52. The molecule has 10 heteroatoms. The van der Waals surface area contributed by atoms with Gasteiger partial charge >= 0.3 is 10.2 Å². The van der Waals surface area contributed by atoms with Crippen LogP contribution in [-0.2, 0) is 26.3 Å². The van der Waals surface area contributed by atoms with E-state index in [1.54, 1.807) is 6.92 Å². The Morgan fingerprint density at radius 1 is 1.00 bits per heavy atom. The van der Waals surface area contributed by atoms with Crippen LogP contribution >= 0.6 is 0 Å². The molecule has 0 aromatic heterocycles. The van der Waals surface area contributed by atoms with Gasteiger partial charge in [-0.05, 0) is 55.2 Å². The zero-order chi connectivity index (χ0) is 26.3. The van der Waals surface area contributed by atoms with Crippen molar-refractivity contribution in [2.45, 2.75) is 40.3 Å². The van der Waals surface area contributed by atoms with Gasteiger partial charge in [-0.1, -0.05) is 38.1 Å². The lowest BCUT2D eigenvalue weighted by atomic mass is 10.1. The van der Waals surface area contributed by atoms with E-state index in [0.717, 1.165) is 31.9 Å². The summed E-state index contributed by atoms with van der Waals surface area (Å²) in [6.45, 7) is 7.48. The summed E-state index contributed by atoms with van der Waals surface area (Å²) in [6, 6.07) is 11.5. The number of nitrogens with zero attached hydrogens (tertiary/aromatic N) is 3. The molecule has 0 heterocycles. The van der Waals surface area contributed by atoms with Crippen LogP contribution in [0.15, 0.2) is 48.5 Å². The summed E-state index contributed by atoms with van der Waals surface area (Å²) in [5.41, 5.74) is 1.92. The molecule has 2 rings (SSSR count). The predicted octanol–water partition coefficient (Wildman–Crippen LogP) is 2.94. The maximum Gasteiger partial charge on any atom is 0.304 e. The van der Waals surface area contributed by atoms with Crippen molar-refractivity contribution < 1.29 is 22.4 Å². The van der Waals surface area contributed by atoms with Crippen molar-refractivity contribution in [1.82, 2.24) is 14.5 Å². The normalized spacial score (nSPS) is 12.5. The third-order valence-corrected chi connectivity index (χ3v) is 7.41. The minimum absolute atomic E-state index is 0.126. The van der Waals surface area contributed by atoms with Gasteiger partial charge in [-0.2, -0.15) is 12.7 Å². The number of carbonyl (C=O) groups is 2. The second-order valence-electron chi connectivity index (χ2n) is 9.04. The topological polar surface area (TPSA) is 90.0 Å². The predicted molar refractivity (Wildman–Crippen MR) is 135 cm³/mol. The fourth-order valence-electron chi connectivity index (χ4n) is 3.33. The maximum absolute atomic E-state index is 13.6.